The van der Waals surface area contributed by atoms with E-state index >= 15 is 0 Å². The molecule has 0 bridgehead atoms. The zero-order valence-corrected chi connectivity index (χ0v) is 17.2. The molecule has 0 amide bonds. The normalized spacial score (nSPS) is 14.8. The first-order chi connectivity index (χ1) is 12.8. The molecule has 0 heterocycles. The molecule has 0 aliphatic heterocycles. The van der Waals surface area contributed by atoms with Gasteiger partial charge in [0.25, 0.3) is 0 Å². The lowest BCUT2D eigenvalue weighted by atomic mass is 9.88. The van der Waals surface area contributed by atoms with E-state index in [9.17, 15) is 19.5 Å². The summed E-state index contributed by atoms with van der Waals surface area (Å²) in [6.07, 6.45) is -1.59. The molecule has 0 radical (unpaired) electrons. The van der Waals surface area contributed by atoms with Gasteiger partial charge in [-0.1, -0.05) is 44.2 Å². The van der Waals surface area contributed by atoms with Gasteiger partial charge >= 0.3 is 17.9 Å². The van der Waals surface area contributed by atoms with Crippen LogP contribution >= 0.6 is 0 Å². The highest BCUT2D eigenvalue weighted by Crippen LogP contribution is 2.22. The van der Waals surface area contributed by atoms with Gasteiger partial charge in [-0.3, -0.25) is 9.59 Å². The van der Waals surface area contributed by atoms with E-state index in [-0.39, 0.29) is 18.8 Å². The lowest BCUT2D eigenvalue weighted by Crippen LogP contribution is -2.54. The number of esters is 2. The summed E-state index contributed by atoms with van der Waals surface area (Å²) >= 11 is 0. The molecule has 2 atom stereocenters. The molecule has 0 unspecified atom stereocenters. The van der Waals surface area contributed by atoms with E-state index in [1.165, 1.54) is 0 Å². The Labute approximate surface area is 166 Å². The number of carboxylic acid groups (broad SMARTS) is 1. The zero-order valence-electron chi connectivity index (χ0n) is 17.2. The van der Waals surface area contributed by atoms with Crippen LogP contribution in [0.5, 0.6) is 0 Å². The molecule has 7 nitrogen and oxygen atoms in total. The average molecular weight is 393 g/mol. The van der Waals surface area contributed by atoms with Crippen LogP contribution in [0.1, 0.15) is 53.0 Å². The van der Waals surface area contributed by atoms with Gasteiger partial charge < -0.3 is 20.3 Å². The topological polar surface area (TPSA) is 116 Å². The summed E-state index contributed by atoms with van der Waals surface area (Å²) in [6.45, 7) is 8.78. The molecule has 0 saturated carbocycles. The minimum atomic E-state index is -1.74. The maximum absolute atomic E-state index is 12.8. The van der Waals surface area contributed by atoms with Crippen molar-refractivity contribution in [1.29, 1.82) is 0 Å². The first-order valence-corrected chi connectivity index (χ1v) is 9.31. The third-order valence-electron chi connectivity index (χ3n) is 3.86. The minimum absolute atomic E-state index is 0.000976. The highest BCUT2D eigenvalue weighted by atomic mass is 16.6. The van der Waals surface area contributed by atoms with Crippen LogP contribution in [0.15, 0.2) is 30.3 Å². The number of carbonyl (C=O) groups is 3. The van der Waals surface area contributed by atoms with Crippen LogP contribution in [-0.2, 0) is 30.3 Å². The molecule has 0 aromatic heterocycles. The maximum Gasteiger partial charge on any atom is 0.345 e. The first kappa shape index (κ1) is 23.6. The smallest absolute Gasteiger partial charge is 0.345 e. The van der Waals surface area contributed by atoms with Crippen molar-refractivity contribution in [2.24, 2.45) is 11.7 Å². The lowest BCUT2D eigenvalue weighted by Gasteiger charge is -2.30. The van der Waals surface area contributed by atoms with Crippen LogP contribution in [0.3, 0.4) is 0 Å². The van der Waals surface area contributed by atoms with E-state index in [1.807, 2.05) is 19.9 Å². The predicted molar refractivity (Wildman–Crippen MR) is 104 cm³/mol. The van der Waals surface area contributed by atoms with E-state index in [1.54, 1.807) is 45.0 Å². The number of hydrogen-bond acceptors (Lipinski definition) is 6. The van der Waals surface area contributed by atoms with Crippen molar-refractivity contribution < 1.29 is 29.0 Å². The third-order valence-corrected chi connectivity index (χ3v) is 3.86. The van der Waals surface area contributed by atoms with Gasteiger partial charge in [0.15, 0.2) is 6.10 Å². The van der Waals surface area contributed by atoms with Crippen molar-refractivity contribution in [3.8, 4) is 0 Å². The largest absolute Gasteiger partial charge is 0.479 e. The number of hydrogen-bond donors (Lipinski definition) is 2. The van der Waals surface area contributed by atoms with Crippen LogP contribution in [0.25, 0.3) is 0 Å². The summed E-state index contributed by atoms with van der Waals surface area (Å²) in [5, 5.41) is 9.35. The quantitative estimate of drug-likeness (QED) is 0.620. The SMILES string of the molecule is CC(C)C[C@H](OC(=O)[C@](N)(CC(=O)OC(C)(C)C)Cc1ccccc1)C(=O)O. The minimum Gasteiger partial charge on any atom is -0.479 e. The van der Waals surface area contributed by atoms with E-state index in [4.69, 9.17) is 15.2 Å². The second-order valence-corrected chi connectivity index (χ2v) is 8.44. The molecule has 0 spiro atoms. The molecule has 1 aromatic carbocycles. The second kappa shape index (κ2) is 9.68. The predicted octanol–water partition coefficient (Wildman–Crippen LogP) is 2.70. The Morgan fingerprint density at radius 3 is 2.14 bits per heavy atom. The highest BCUT2D eigenvalue weighted by molar-refractivity contribution is 5.89. The van der Waals surface area contributed by atoms with Crippen molar-refractivity contribution in [2.75, 3.05) is 0 Å². The van der Waals surface area contributed by atoms with E-state index in [0.29, 0.717) is 0 Å². The Bertz CT molecular complexity index is 680. The molecule has 0 aliphatic carbocycles. The Hall–Kier alpha value is -2.41. The molecular weight excluding hydrogens is 362 g/mol. The fourth-order valence-corrected chi connectivity index (χ4v) is 2.68. The van der Waals surface area contributed by atoms with Gasteiger partial charge in [-0.2, -0.15) is 0 Å². The van der Waals surface area contributed by atoms with E-state index in [2.05, 4.69) is 0 Å². The Balaban J connectivity index is 3.08. The van der Waals surface area contributed by atoms with Crippen LogP contribution in [-0.4, -0.2) is 40.3 Å². The fourth-order valence-electron chi connectivity index (χ4n) is 2.68. The van der Waals surface area contributed by atoms with Crippen LogP contribution in [0, 0.1) is 5.92 Å². The molecule has 3 N–H and O–H groups in total. The van der Waals surface area contributed by atoms with Crippen LogP contribution in [0.2, 0.25) is 0 Å². The fraction of sp³-hybridized carbons (Fsp3) is 0.571. The number of carbonyl (C=O) groups excluding carboxylic acids is 2. The summed E-state index contributed by atoms with van der Waals surface area (Å²) in [5.74, 6) is -2.84. The number of ether oxygens (including phenoxy) is 2. The summed E-state index contributed by atoms with van der Waals surface area (Å²) in [4.78, 5) is 36.6. The van der Waals surface area contributed by atoms with Crippen molar-refractivity contribution in [1.82, 2.24) is 0 Å². The second-order valence-electron chi connectivity index (χ2n) is 8.44. The zero-order chi connectivity index (χ0) is 21.5. The van der Waals surface area contributed by atoms with E-state index in [0.717, 1.165) is 5.56 Å². The summed E-state index contributed by atoms with van der Waals surface area (Å²) in [6, 6.07) is 8.93. The van der Waals surface area contributed by atoms with Gasteiger partial charge in [-0.15, -0.1) is 0 Å². The lowest BCUT2D eigenvalue weighted by molar-refractivity contribution is -0.172. The molecule has 0 saturated heterocycles. The van der Waals surface area contributed by atoms with Crippen LogP contribution < -0.4 is 5.73 Å². The third kappa shape index (κ3) is 8.08. The Morgan fingerprint density at radius 2 is 1.68 bits per heavy atom. The molecule has 0 fully saturated rings. The number of nitrogens with two attached hydrogens (primary N) is 1. The van der Waals surface area contributed by atoms with Crippen molar-refractivity contribution >= 4 is 17.9 Å². The maximum atomic E-state index is 12.8. The molecule has 0 aliphatic rings. The standard InChI is InChI=1S/C21H31NO6/c1-14(2)11-16(18(24)25)27-19(26)21(22,12-15-9-7-6-8-10-15)13-17(23)28-20(3,4)5/h6-10,14,16H,11-13,22H2,1-5H3,(H,24,25)/t16-,21+/m0/s1. The molecular formula is C21H31NO6. The monoisotopic (exact) mass is 393 g/mol. The number of aliphatic carboxylic acids is 1. The van der Waals surface area contributed by atoms with Gasteiger partial charge in [0.05, 0.1) is 6.42 Å². The molecule has 1 rings (SSSR count). The first-order valence-electron chi connectivity index (χ1n) is 9.31. The number of rotatable bonds is 9. The highest BCUT2D eigenvalue weighted by Gasteiger charge is 2.42. The molecule has 1 aromatic rings. The average Bonchev–Trinajstić information content (AvgIpc) is 2.52. The van der Waals surface area contributed by atoms with Gasteiger partial charge in [0.2, 0.25) is 0 Å². The Kier molecular flexibility index (Phi) is 8.17. The molecule has 156 valence electrons. The summed E-state index contributed by atoms with van der Waals surface area (Å²) < 4.78 is 10.5. The van der Waals surface area contributed by atoms with E-state index < -0.39 is 41.6 Å². The van der Waals surface area contributed by atoms with Gasteiger partial charge in [-0.05, 0) is 38.7 Å². The Morgan fingerprint density at radius 1 is 1.11 bits per heavy atom. The number of carboxylic acids is 1. The number of benzene rings is 1. The van der Waals surface area contributed by atoms with Crippen molar-refractivity contribution in [3.05, 3.63) is 35.9 Å². The summed E-state index contributed by atoms with van der Waals surface area (Å²) in [5.41, 5.74) is 4.55. The molecule has 7 heteroatoms. The van der Waals surface area contributed by atoms with Crippen LogP contribution in [0.4, 0.5) is 0 Å². The van der Waals surface area contributed by atoms with Gasteiger partial charge in [-0.25, -0.2) is 4.79 Å². The van der Waals surface area contributed by atoms with Gasteiger partial charge in [0, 0.05) is 6.42 Å². The summed E-state index contributed by atoms with van der Waals surface area (Å²) in [7, 11) is 0. The van der Waals surface area contributed by atoms with Crippen molar-refractivity contribution in [2.45, 2.75) is 71.1 Å². The van der Waals surface area contributed by atoms with Gasteiger partial charge in [0.1, 0.15) is 11.1 Å². The van der Waals surface area contributed by atoms with Crippen molar-refractivity contribution in [3.63, 3.8) is 0 Å². The molecule has 28 heavy (non-hydrogen) atoms.